The van der Waals surface area contributed by atoms with Crippen LogP contribution >= 0.6 is 0 Å². The van der Waals surface area contributed by atoms with Crippen LogP contribution in [0.1, 0.15) is 18.4 Å². The molecule has 1 rings (SSSR count). The van der Waals surface area contributed by atoms with E-state index in [-0.39, 0.29) is 11.9 Å². The van der Waals surface area contributed by atoms with Crippen molar-refractivity contribution >= 4 is 0 Å². The molecule has 2 N–H and O–H groups in total. The summed E-state index contributed by atoms with van der Waals surface area (Å²) in [6, 6.07) is 7.07. The Morgan fingerprint density at radius 3 is 2.69 bits per heavy atom. The molecule has 0 aliphatic carbocycles. The highest BCUT2D eigenvalue weighted by Crippen LogP contribution is 2.14. The quantitative estimate of drug-likeness (QED) is 0.770. The zero-order valence-electron chi connectivity index (χ0n) is 10.1. The lowest BCUT2D eigenvalue weighted by Crippen LogP contribution is -2.17. The van der Waals surface area contributed by atoms with Gasteiger partial charge >= 0.3 is 0 Å². The normalized spacial score (nSPS) is 13.0. The van der Waals surface area contributed by atoms with Gasteiger partial charge in [-0.2, -0.15) is 0 Å². The first-order valence-electron chi connectivity index (χ1n) is 5.68. The van der Waals surface area contributed by atoms with Gasteiger partial charge in [-0.05, 0) is 57.6 Å². The summed E-state index contributed by atoms with van der Waals surface area (Å²) >= 11 is 0. The highest BCUT2D eigenvalue weighted by atomic mass is 16.3. The minimum Gasteiger partial charge on any atom is -0.508 e. The molecule has 16 heavy (non-hydrogen) atoms. The summed E-state index contributed by atoms with van der Waals surface area (Å²) in [6.07, 6.45) is 2.09. The molecule has 0 spiro atoms. The average molecular weight is 223 g/mol. The summed E-state index contributed by atoms with van der Waals surface area (Å²) in [5, 5.41) is 19.1. The summed E-state index contributed by atoms with van der Waals surface area (Å²) in [6.45, 7) is 0.997. The molecule has 90 valence electrons. The van der Waals surface area contributed by atoms with E-state index in [2.05, 4.69) is 4.90 Å². The molecule has 0 saturated heterocycles. The topological polar surface area (TPSA) is 43.7 Å². The van der Waals surface area contributed by atoms with Gasteiger partial charge in [-0.1, -0.05) is 12.1 Å². The van der Waals surface area contributed by atoms with Gasteiger partial charge in [-0.3, -0.25) is 0 Å². The smallest absolute Gasteiger partial charge is 0.115 e. The van der Waals surface area contributed by atoms with E-state index in [9.17, 15) is 10.2 Å². The molecule has 0 heterocycles. The maximum Gasteiger partial charge on any atom is 0.115 e. The van der Waals surface area contributed by atoms with Crippen LogP contribution in [0.4, 0.5) is 0 Å². The van der Waals surface area contributed by atoms with Crippen molar-refractivity contribution in [3.63, 3.8) is 0 Å². The number of phenolic OH excluding ortho intramolecular Hbond substituents is 1. The van der Waals surface area contributed by atoms with Crippen molar-refractivity contribution in [1.29, 1.82) is 0 Å². The van der Waals surface area contributed by atoms with E-state index in [0.717, 1.165) is 24.9 Å². The van der Waals surface area contributed by atoms with E-state index in [4.69, 9.17) is 0 Å². The van der Waals surface area contributed by atoms with Gasteiger partial charge in [0.25, 0.3) is 0 Å². The monoisotopic (exact) mass is 223 g/mol. The lowest BCUT2D eigenvalue weighted by Gasteiger charge is -2.13. The molecule has 0 aromatic heterocycles. The molecular weight excluding hydrogens is 202 g/mol. The maximum atomic E-state index is 9.81. The van der Waals surface area contributed by atoms with Crippen molar-refractivity contribution in [1.82, 2.24) is 4.90 Å². The van der Waals surface area contributed by atoms with Crippen molar-refractivity contribution in [2.24, 2.45) is 0 Å². The second kappa shape index (κ2) is 6.51. The lowest BCUT2D eigenvalue weighted by molar-refractivity contribution is 0.158. The van der Waals surface area contributed by atoms with E-state index < -0.39 is 0 Å². The molecule has 3 nitrogen and oxygen atoms in total. The predicted octanol–water partition coefficient (Wildman–Crippen LogP) is 1.64. The first-order valence-corrected chi connectivity index (χ1v) is 5.68. The molecule has 1 atom stereocenters. The number of hydrogen-bond acceptors (Lipinski definition) is 3. The van der Waals surface area contributed by atoms with Gasteiger partial charge in [0.05, 0.1) is 6.10 Å². The van der Waals surface area contributed by atoms with Crippen LogP contribution in [0.2, 0.25) is 0 Å². The first-order chi connectivity index (χ1) is 7.58. The van der Waals surface area contributed by atoms with E-state index in [1.165, 1.54) is 0 Å². The summed E-state index contributed by atoms with van der Waals surface area (Å²) in [5.41, 5.74) is 0.984. The number of benzene rings is 1. The van der Waals surface area contributed by atoms with Crippen LogP contribution in [0.25, 0.3) is 0 Å². The number of rotatable bonds is 6. The van der Waals surface area contributed by atoms with Gasteiger partial charge in [0.1, 0.15) is 5.75 Å². The third-order valence-electron chi connectivity index (χ3n) is 2.52. The largest absolute Gasteiger partial charge is 0.508 e. The van der Waals surface area contributed by atoms with Crippen molar-refractivity contribution in [3.05, 3.63) is 29.8 Å². The Kier molecular flexibility index (Phi) is 5.29. The summed E-state index contributed by atoms with van der Waals surface area (Å²) in [5.74, 6) is 0.262. The van der Waals surface area contributed by atoms with Crippen molar-refractivity contribution in [2.75, 3.05) is 20.6 Å². The fourth-order valence-corrected chi connectivity index (χ4v) is 1.70. The Hall–Kier alpha value is -1.06. The molecule has 0 aliphatic heterocycles. The Morgan fingerprint density at radius 2 is 2.06 bits per heavy atom. The zero-order valence-corrected chi connectivity index (χ0v) is 10.1. The number of aliphatic hydroxyl groups is 1. The standard InChI is InChI=1S/C13H21NO2/c1-14(2)8-4-7-13(16)10-11-5-3-6-12(15)9-11/h3,5-6,9,13,15-16H,4,7-8,10H2,1-2H3/t13-/m0/s1. The van der Waals surface area contributed by atoms with Crippen LogP contribution in [0, 0.1) is 0 Å². The molecule has 1 aromatic rings. The molecular formula is C13H21NO2. The highest BCUT2D eigenvalue weighted by Gasteiger charge is 2.06. The second-order valence-electron chi connectivity index (χ2n) is 4.47. The molecule has 0 bridgehead atoms. The highest BCUT2D eigenvalue weighted by molar-refractivity contribution is 5.27. The third kappa shape index (κ3) is 5.14. The van der Waals surface area contributed by atoms with Gasteiger partial charge in [0, 0.05) is 0 Å². The fourth-order valence-electron chi connectivity index (χ4n) is 1.70. The Labute approximate surface area is 97.3 Å². The van der Waals surface area contributed by atoms with E-state index in [0.29, 0.717) is 6.42 Å². The van der Waals surface area contributed by atoms with Gasteiger partial charge < -0.3 is 15.1 Å². The summed E-state index contributed by atoms with van der Waals surface area (Å²) < 4.78 is 0. The zero-order chi connectivity index (χ0) is 12.0. The number of phenols is 1. The number of aromatic hydroxyl groups is 1. The van der Waals surface area contributed by atoms with Crippen LogP contribution in [0.3, 0.4) is 0 Å². The van der Waals surface area contributed by atoms with Gasteiger partial charge in [0.2, 0.25) is 0 Å². The molecule has 3 heteroatoms. The minimum absolute atomic E-state index is 0.262. The molecule has 0 radical (unpaired) electrons. The van der Waals surface area contributed by atoms with Gasteiger partial charge in [-0.15, -0.1) is 0 Å². The van der Waals surface area contributed by atoms with Crippen molar-refractivity contribution in [3.8, 4) is 5.75 Å². The Morgan fingerprint density at radius 1 is 1.31 bits per heavy atom. The predicted molar refractivity (Wildman–Crippen MR) is 65.6 cm³/mol. The fraction of sp³-hybridized carbons (Fsp3) is 0.538. The van der Waals surface area contributed by atoms with Crippen LogP contribution in [-0.4, -0.2) is 41.9 Å². The van der Waals surface area contributed by atoms with Crippen LogP contribution in [0.5, 0.6) is 5.75 Å². The second-order valence-corrected chi connectivity index (χ2v) is 4.47. The van der Waals surface area contributed by atoms with Crippen molar-refractivity contribution in [2.45, 2.75) is 25.4 Å². The number of nitrogens with zero attached hydrogens (tertiary/aromatic N) is 1. The molecule has 0 unspecified atom stereocenters. The van der Waals surface area contributed by atoms with E-state index in [1.807, 2.05) is 20.2 Å². The molecule has 1 aromatic carbocycles. The summed E-state index contributed by atoms with van der Waals surface area (Å²) in [7, 11) is 4.06. The average Bonchev–Trinajstić information content (AvgIpc) is 2.16. The third-order valence-corrected chi connectivity index (χ3v) is 2.52. The molecule has 0 fully saturated rings. The van der Waals surface area contributed by atoms with E-state index >= 15 is 0 Å². The molecule has 0 amide bonds. The molecule has 0 saturated carbocycles. The molecule has 0 aliphatic rings. The van der Waals surface area contributed by atoms with Crippen LogP contribution < -0.4 is 0 Å². The van der Waals surface area contributed by atoms with E-state index in [1.54, 1.807) is 18.2 Å². The minimum atomic E-state index is -0.318. The van der Waals surface area contributed by atoms with Crippen LogP contribution in [-0.2, 0) is 6.42 Å². The van der Waals surface area contributed by atoms with Gasteiger partial charge in [0.15, 0.2) is 0 Å². The lowest BCUT2D eigenvalue weighted by atomic mass is 10.0. The number of hydrogen-bond donors (Lipinski definition) is 2. The summed E-state index contributed by atoms with van der Waals surface area (Å²) in [4.78, 5) is 2.11. The first kappa shape index (κ1) is 13.0. The SMILES string of the molecule is CN(C)CCC[C@H](O)Cc1cccc(O)c1. The maximum absolute atomic E-state index is 9.81. The van der Waals surface area contributed by atoms with Crippen LogP contribution in [0.15, 0.2) is 24.3 Å². The Balaban J connectivity index is 2.31. The Bertz CT molecular complexity index is 313. The van der Waals surface area contributed by atoms with Gasteiger partial charge in [-0.25, -0.2) is 0 Å². The number of aliphatic hydroxyl groups excluding tert-OH is 1. The van der Waals surface area contributed by atoms with Crippen molar-refractivity contribution < 1.29 is 10.2 Å².